The Kier molecular flexibility index (Phi) is 8.65. The predicted octanol–water partition coefficient (Wildman–Crippen LogP) is 9.53. The van der Waals surface area contributed by atoms with E-state index in [1.165, 1.54) is 11.1 Å². The molecular formula is C41H41N4O2PtS-3. The molecule has 6 aromatic rings. The monoisotopic (exact) mass is 848 g/mol. The number of hydrogen-bond acceptors (Lipinski definition) is 5. The van der Waals surface area contributed by atoms with E-state index in [-0.39, 0.29) is 41.7 Å². The first-order valence-corrected chi connectivity index (χ1v) is 17.8. The minimum Gasteiger partial charge on any atom is -0.504 e. The van der Waals surface area contributed by atoms with Crippen molar-refractivity contribution >= 4 is 48.7 Å². The van der Waals surface area contributed by atoms with Crippen LogP contribution in [0.5, 0.6) is 0 Å². The largest absolute Gasteiger partial charge is 0.504 e. The first kappa shape index (κ1) is 34.9. The van der Waals surface area contributed by atoms with Crippen LogP contribution in [0.1, 0.15) is 63.8 Å². The van der Waals surface area contributed by atoms with Gasteiger partial charge in [-0.3, -0.25) is 0 Å². The van der Waals surface area contributed by atoms with Crippen molar-refractivity contribution in [2.75, 3.05) is 16.8 Å². The van der Waals surface area contributed by atoms with Crippen LogP contribution in [0.2, 0.25) is 0 Å². The fourth-order valence-electron chi connectivity index (χ4n) is 6.38. The zero-order valence-electron chi connectivity index (χ0n) is 29.4. The fourth-order valence-corrected chi connectivity index (χ4v) is 7.62. The quantitative estimate of drug-likeness (QED) is 0.166. The van der Waals surface area contributed by atoms with Gasteiger partial charge >= 0.3 is 0 Å². The molecule has 0 saturated heterocycles. The molecule has 0 unspecified atom stereocenters. The number of anilines is 3. The number of aryl methyl sites for hydroxylation is 2. The summed E-state index contributed by atoms with van der Waals surface area (Å²) >= 11 is 0. The van der Waals surface area contributed by atoms with Gasteiger partial charge in [0.2, 0.25) is 0 Å². The molecule has 49 heavy (non-hydrogen) atoms. The predicted molar refractivity (Wildman–Crippen MR) is 196 cm³/mol. The van der Waals surface area contributed by atoms with Crippen molar-refractivity contribution in [1.29, 1.82) is 0 Å². The van der Waals surface area contributed by atoms with Crippen LogP contribution >= 0.6 is 0 Å². The van der Waals surface area contributed by atoms with Crippen molar-refractivity contribution in [1.82, 2.24) is 9.55 Å². The Balaban J connectivity index is 0.00000417. The summed E-state index contributed by atoms with van der Waals surface area (Å²) in [5, 5.41) is 1.93. The van der Waals surface area contributed by atoms with Crippen molar-refractivity contribution in [2.45, 2.75) is 76.0 Å². The van der Waals surface area contributed by atoms with Crippen molar-refractivity contribution in [2.24, 2.45) is 0 Å². The summed E-state index contributed by atoms with van der Waals surface area (Å²) in [7, 11) is -2.03. The molecule has 0 amide bonds. The average Bonchev–Trinajstić information content (AvgIpc) is 3.54. The molecule has 4 aromatic carbocycles. The van der Waals surface area contributed by atoms with Crippen LogP contribution < -0.4 is 9.80 Å². The van der Waals surface area contributed by atoms with E-state index in [1.807, 2.05) is 65.8 Å². The average molecular weight is 849 g/mol. The van der Waals surface area contributed by atoms with E-state index in [9.17, 15) is 8.42 Å². The number of hydrogen-bond donors (Lipinski definition) is 0. The van der Waals surface area contributed by atoms with Crippen molar-refractivity contribution in [3.05, 3.63) is 120 Å². The summed E-state index contributed by atoms with van der Waals surface area (Å²) in [5.41, 5.74) is 8.36. The maximum absolute atomic E-state index is 14.7. The molecule has 7 rings (SSSR count). The third-order valence-corrected chi connectivity index (χ3v) is 11.1. The van der Waals surface area contributed by atoms with E-state index in [1.54, 1.807) is 12.1 Å². The molecule has 0 N–H and O–H groups in total. The molecule has 1 aliphatic rings. The SMILES string of the molecule is Cc1cc2c(cc1C)N(c1[c-]c(S(=O)(=O)c3[c-]c4c(cc3)c3ccccc3n4-c3cc(C(C)(C)C)ccn3)cc(C(C)(C)C)c1)[CH-]N2C.[Pt]. The fraction of sp³-hybridized carbons (Fsp3) is 0.268. The van der Waals surface area contributed by atoms with Gasteiger partial charge in [-0.05, 0) is 93.9 Å². The Bertz CT molecular complexity index is 2360. The van der Waals surface area contributed by atoms with Crippen LogP contribution in [0.3, 0.4) is 0 Å². The van der Waals surface area contributed by atoms with E-state index in [0.29, 0.717) is 11.2 Å². The van der Waals surface area contributed by atoms with Crippen molar-refractivity contribution in [3.63, 3.8) is 0 Å². The summed E-state index contributed by atoms with van der Waals surface area (Å²) in [5.74, 6) is 0.723. The number of rotatable bonds is 4. The van der Waals surface area contributed by atoms with Crippen LogP contribution in [0.15, 0.2) is 88.8 Å². The summed E-state index contributed by atoms with van der Waals surface area (Å²) in [4.78, 5) is 9.06. The molecule has 0 spiro atoms. The molecule has 0 atom stereocenters. The number of fused-ring (bicyclic) bond motifs is 4. The van der Waals surface area contributed by atoms with Gasteiger partial charge in [0.25, 0.3) is 0 Å². The number of aromatic nitrogens is 2. The summed E-state index contributed by atoms with van der Waals surface area (Å²) < 4.78 is 31.3. The van der Waals surface area contributed by atoms with Gasteiger partial charge in [-0.2, -0.15) is 18.8 Å². The first-order valence-electron chi connectivity index (χ1n) is 16.3. The molecule has 3 heterocycles. The minimum absolute atomic E-state index is 0. The number of para-hydroxylation sites is 1. The molecule has 256 valence electrons. The van der Waals surface area contributed by atoms with Gasteiger partial charge in [0, 0.05) is 44.2 Å². The van der Waals surface area contributed by atoms with Crippen LogP contribution in [0.4, 0.5) is 17.1 Å². The second-order valence-electron chi connectivity index (χ2n) is 15.0. The molecule has 6 nitrogen and oxygen atoms in total. The van der Waals surface area contributed by atoms with Gasteiger partial charge in [-0.25, -0.2) is 13.4 Å². The second-order valence-corrected chi connectivity index (χ2v) is 16.9. The van der Waals surface area contributed by atoms with Gasteiger partial charge in [-0.15, -0.1) is 40.9 Å². The molecule has 0 saturated carbocycles. The number of nitrogens with zero attached hydrogens (tertiary/aromatic N) is 4. The summed E-state index contributed by atoms with van der Waals surface area (Å²) in [6, 6.07) is 30.6. The molecule has 0 aliphatic carbocycles. The number of benzene rings is 4. The van der Waals surface area contributed by atoms with Crippen LogP contribution in [-0.4, -0.2) is 25.0 Å². The standard InChI is InChI=1S/C41H41N4O2S.Pt/c1-26-18-37-38(19-27(26)2)44(25-43(37)9)30-20-29(41(6,7)8)21-32(23-30)48(46,47)31-14-15-34-33-12-10-11-13-35(33)45(36(34)24-31)39-22-28(16-17-42-39)40(3,4)5;/h10-22,25H,1-9H3;/q-3;. The maximum Gasteiger partial charge on any atom is 0.160 e. The van der Waals surface area contributed by atoms with E-state index in [4.69, 9.17) is 4.98 Å². The molecule has 0 bridgehead atoms. The molecular weight excluding hydrogens is 808 g/mol. The summed E-state index contributed by atoms with van der Waals surface area (Å²) in [6.07, 6.45) is 1.82. The Morgan fingerprint density at radius 3 is 2.10 bits per heavy atom. The molecule has 8 heteroatoms. The third kappa shape index (κ3) is 5.99. The van der Waals surface area contributed by atoms with Gasteiger partial charge in [-0.1, -0.05) is 65.3 Å². The van der Waals surface area contributed by atoms with Gasteiger partial charge in [0.05, 0.1) is 0 Å². The minimum atomic E-state index is -4.04. The number of sulfone groups is 1. The van der Waals surface area contributed by atoms with E-state index in [2.05, 4.69) is 96.7 Å². The Hall–Kier alpha value is -3.93. The molecule has 2 aromatic heterocycles. The third-order valence-electron chi connectivity index (χ3n) is 9.45. The van der Waals surface area contributed by atoms with Crippen LogP contribution in [0, 0.1) is 32.6 Å². The molecule has 0 fully saturated rings. The van der Waals surface area contributed by atoms with Gasteiger partial charge in [0.15, 0.2) is 9.84 Å². The van der Waals surface area contributed by atoms with Gasteiger partial charge < -0.3 is 14.4 Å². The Morgan fingerprint density at radius 2 is 1.41 bits per heavy atom. The van der Waals surface area contributed by atoms with Gasteiger partial charge in [0.1, 0.15) is 5.82 Å². The first-order chi connectivity index (χ1) is 22.5. The topological polar surface area (TPSA) is 58.4 Å². The Morgan fingerprint density at radius 1 is 0.735 bits per heavy atom. The molecule has 0 radical (unpaired) electrons. The summed E-state index contributed by atoms with van der Waals surface area (Å²) in [6.45, 7) is 19.0. The van der Waals surface area contributed by atoms with Crippen LogP contribution in [-0.2, 0) is 41.7 Å². The number of pyridine rings is 1. The maximum atomic E-state index is 14.7. The van der Waals surface area contributed by atoms with Crippen LogP contribution in [0.25, 0.3) is 27.6 Å². The molecule has 1 aliphatic heterocycles. The normalized spacial score (nSPS) is 13.7. The zero-order valence-corrected chi connectivity index (χ0v) is 32.5. The second kappa shape index (κ2) is 12.1. The van der Waals surface area contributed by atoms with Crippen molar-refractivity contribution in [3.8, 4) is 5.82 Å². The smallest absolute Gasteiger partial charge is 0.160 e. The van der Waals surface area contributed by atoms with E-state index < -0.39 is 9.84 Å². The Labute approximate surface area is 305 Å². The van der Waals surface area contributed by atoms with Crippen molar-refractivity contribution < 1.29 is 29.5 Å². The zero-order chi connectivity index (χ0) is 34.3. The van der Waals surface area contributed by atoms with E-state index >= 15 is 0 Å². The van der Waals surface area contributed by atoms with E-state index in [0.717, 1.165) is 44.6 Å².